The minimum Gasteiger partial charge on any atom is -0.448 e. The molecule has 14 heavy (non-hydrogen) atoms. The largest absolute Gasteiger partial charge is 0.448 e. The number of fused-ring (bicyclic) bond motifs is 1. The smallest absolute Gasteiger partial charge is 0.178 e. The second-order valence-corrected chi connectivity index (χ2v) is 3.35. The third-order valence-corrected chi connectivity index (χ3v) is 2.08. The van der Waals surface area contributed by atoms with E-state index in [0.717, 1.165) is 11.0 Å². The molecule has 0 radical (unpaired) electrons. The Morgan fingerprint density at radius 2 is 2.21 bits per heavy atom. The Kier molecular flexibility index (Phi) is 2.47. The lowest BCUT2D eigenvalue weighted by atomic mass is 10.2. The van der Waals surface area contributed by atoms with E-state index < -0.39 is 0 Å². The zero-order chi connectivity index (χ0) is 9.97. The van der Waals surface area contributed by atoms with Crippen molar-refractivity contribution in [3.63, 3.8) is 0 Å². The van der Waals surface area contributed by atoms with Crippen LogP contribution in [0.3, 0.4) is 0 Å². The molecule has 1 nitrogen and oxygen atoms in total. The van der Waals surface area contributed by atoms with E-state index in [2.05, 4.69) is 24.8 Å². The average molecular weight is 205 g/mol. The zero-order valence-corrected chi connectivity index (χ0v) is 8.56. The van der Waals surface area contributed by atoms with Gasteiger partial charge in [0.05, 0.1) is 5.88 Å². The highest BCUT2D eigenvalue weighted by atomic mass is 35.5. The normalized spacial score (nSPS) is 9.86. The second-order valence-electron chi connectivity index (χ2n) is 3.09. The third kappa shape index (κ3) is 1.76. The van der Waals surface area contributed by atoms with Crippen LogP contribution in [0.4, 0.5) is 0 Å². The SMILES string of the molecule is Cc1ccc2oc(C#CCCl)cc2c1. The van der Waals surface area contributed by atoms with Crippen LogP contribution in [0, 0.1) is 18.8 Å². The number of halogens is 1. The van der Waals surface area contributed by atoms with E-state index in [0.29, 0.717) is 11.6 Å². The molecule has 0 aliphatic carbocycles. The molecule has 1 aromatic heterocycles. The summed E-state index contributed by atoms with van der Waals surface area (Å²) in [6.07, 6.45) is 0. The predicted molar refractivity (Wildman–Crippen MR) is 58.5 cm³/mol. The maximum Gasteiger partial charge on any atom is 0.178 e. The number of benzene rings is 1. The van der Waals surface area contributed by atoms with Gasteiger partial charge in [0.2, 0.25) is 0 Å². The Balaban J connectivity index is 2.51. The van der Waals surface area contributed by atoms with E-state index in [9.17, 15) is 0 Å². The molecule has 70 valence electrons. The van der Waals surface area contributed by atoms with Crippen molar-refractivity contribution < 1.29 is 4.42 Å². The van der Waals surface area contributed by atoms with Crippen LogP contribution in [0.5, 0.6) is 0 Å². The quantitative estimate of drug-likeness (QED) is 0.474. The lowest BCUT2D eigenvalue weighted by Gasteiger charge is -1.89. The average Bonchev–Trinajstić information content (AvgIpc) is 2.56. The molecule has 0 aliphatic rings. The second kappa shape index (κ2) is 3.77. The van der Waals surface area contributed by atoms with Crippen LogP contribution in [0.1, 0.15) is 11.3 Å². The van der Waals surface area contributed by atoms with Gasteiger partial charge in [-0.3, -0.25) is 0 Å². The molecule has 2 aromatic rings. The van der Waals surface area contributed by atoms with Crippen LogP contribution in [-0.2, 0) is 0 Å². The number of hydrogen-bond donors (Lipinski definition) is 0. The summed E-state index contributed by atoms with van der Waals surface area (Å²) < 4.78 is 5.49. The van der Waals surface area contributed by atoms with Gasteiger partial charge in [-0.15, -0.1) is 11.6 Å². The monoisotopic (exact) mass is 204 g/mol. The molecule has 0 N–H and O–H groups in total. The zero-order valence-electron chi connectivity index (χ0n) is 7.80. The first-order chi connectivity index (χ1) is 6.79. The van der Waals surface area contributed by atoms with Gasteiger partial charge in [0.1, 0.15) is 5.58 Å². The molecule has 0 amide bonds. The summed E-state index contributed by atoms with van der Waals surface area (Å²) in [5.41, 5.74) is 2.09. The fourth-order valence-electron chi connectivity index (χ4n) is 1.34. The fraction of sp³-hybridized carbons (Fsp3) is 0.167. The summed E-state index contributed by atoms with van der Waals surface area (Å²) >= 11 is 5.46. The highest BCUT2D eigenvalue weighted by molar-refractivity contribution is 6.19. The number of alkyl halides is 1. The molecule has 0 aliphatic heterocycles. The van der Waals surface area contributed by atoms with Crippen LogP contribution >= 0.6 is 11.6 Å². The molecule has 0 atom stereocenters. The van der Waals surface area contributed by atoms with Gasteiger partial charge in [-0.05, 0) is 25.0 Å². The number of furan rings is 1. The van der Waals surface area contributed by atoms with Gasteiger partial charge in [0.25, 0.3) is 0 Å². The number of rotatable bonds is 0. The topological polar surface area (TPSA) is 13.1 Å². The Morgan fingerprint density at radius 1 is 1.36 bits per heavy atom. The van der Waals surface area contributed by atoms with Crippen LogP contribution < -0.4 is 0 Å². The van der Waals surface area contributed by atoms with Crippen molar-refractivity contribution in [1.29, 1.82) is 0 Å². The molecular formula is C12H9ClO. The van der Waals surface area contributed by atoms with E-state index in [1.54, 1.807) is 0 Å². The van der Waals surface area contributed by atoms with Crippen molar-refractivity contribution in [3.05, 3.63) is 35.6 Å². The lowest BCUT2D eigenvalue weighted by Crippen LogP contribution is -1.67. The van der Waals surface area contributed by atoms with Gasteiger partial charge >= 0.3 is 0 Å². The first kappa shape index (κ1) is 9.18. The van der Waals surface area contributed by atoms with Crippen LogP contribution in [0.25, 0.3) is 11.0 Å². The van der Waals surface area contributed by atoms with Gasteiger partial charge < -0.3 is 4.42 Å². The van der Waals surface area contributed by atoms with Crippen LogP contribution in [0.2, 0.25) is 0 Å². The fourth-order valence-corrected chi connectivity index (χ4v) is 1.41. The molecule has 0 saturated carbocycles. The van der Waals surface area contributed by atoms with E-state index in [1.807, 2.05) is 18.2 Å². The summed E-state index contributed by atoms with van der Waals surface area (Å²) in [6.45, 7) is 2.05. The lowest BCUT2D eigenvalue weighted by molar-refractivity contribution is 0.601. The maximum atomic E-state index is 5.49. The van der Waals surface area contributed by atoms with E-state index >= 15 is 0 Å². The van der Waals surface area contributed by atoms with E-state index in [1.165, 1.54) is 5.56 Å². The third-order valence-electron chi connectivity index (χ3n) is 1.95. The summed E-state index contributed by atoms with van der Waals surface area (Å²) in [5.74, 6) is 6.62. The Labute approximate surface area is 87.7 Å². The van der Waals surface area contributed by atoms with Crippen molar-refractivity contribution in [2.75, 3.05) is 5.88 Å². The van der Waals surface area contributed by atoms with Crippen molar-refractivity contribution in [3.8, 4) is 11.8 Å². The van der Waals surface area contributed by atoms with Crippen molar-refractivity contribution in [2.45, 2.75) is 6.92 Å². The summed E-state index contributed by atoms with van der Waals surface area (Å²) in [5, 5.41) is 1.09. The summed E-state index contributed by atoms with van der Waals surface area (Å²) in [7, 11) is 0. The first-order valence-corrected chi connectivity index (χ1v) is 4.88. The molecule has 0 unspecified atom stereocenters. The molecule has 0 spiro atoms. The molecule has 0 fully saturated rings. The molecular weight excluding hydrogens is 196 g/mol. The van der Waals surface area contributed by atoms with Crippen molar-refractivity contribution >= 4 is 22.6 Å². The van der Waals surface area contributed by atoms with E-state index in [-0.39, 0.29) is 0 Å². The maximum absolute atomic E-state index is 5.49. The predicted octanol–water partition coefficient (Wildman–Crippen LogP) is 3.33. The highest BCUT2D eigenvalue weighted by Gasteiger charge is 2.00. The Hall–Kier alpha value is -1.39. The minimum absolute atomic E-state index is 0.329. The highest BCUT2D eigenvalue weighted by Crippen LogP contribution is 2.19. The van der Waals surface area contributed by atoms with Gasteiger partial charge in [-0.25, -0.2) is 0 Å². The molecule has 0 saturated heterocycles. The number of aryl methyl sites for hydroxylation is 1. The first-order valence-electron chi connectivity index (χ1n) is 4.34. The Bertz CT molecular complexity index is 514. The van der Waals surface area contributed by atoms with Crippen molar-refractivity contribution in [2.24, 2.45) is 0 Å². The Morgan fingerprint density at radius 3 is 3.00 bits per heavy atom. The molecule has 0 bridgehead atoms. The van der Waals surface area contributed by atoms with Crippen molar-refractivity contribution in [1.82, 2.24) is 0 Å². The minimum atomic E-state index is 0.329. The van der Waals surface area contributed by atoms with Gasteiger partial charge in [-0.1, -0.05) is 17.6 Å². The standard InChI is InChI=1S/C12H9ClO/c1-9-4-5-12-10(7-9)8-11(14-12)3-2-6-13/h4-5,7-8H,6H2,1H3. The van der Waals surface area contributed by atoms with E-state index in [4.69, 9.17) is 16.0 Å². The summed E-state index contributed by atoms with van der Waals surface area (Å²) in [6, 6.07) is 7.98. The van der Waals surface area contributed by atoms with Gasteiger partial charge in [0.15, 0.2) is 5.76 Å². The number of hydrogen-bond acceptors (Lipinski definition) is 1. The summed E-state index contributed by atoms with van der Waals surface area (Å²) in [4.78, 5) is 0. The molecule has 2 rings (SSSR count). The van der Waals surface area contributed by atoms with Crippen LogP contribution in [0.15, 0.2) is 28.7 Å². The molecule has 1 aromatic carbocycles. The van der Waals surface area contributed by atoms with Gasteiger partial charge in [-0.2, -0.15) is 0 Å². The van der Waals surface area contributed by atoms with Gasteiger partial charge in [0, 0.05) is 11.5 Å². The van der Waals surface area contributed by atoms with Crippen LogP contribution in [-0.4, -0.2) is 5.88 Å². The molecule has 1 heterocycles. The molecule has 2 heteroatoms.